The first-order valence-electron chi connectivity index (χ1n) is 4.94. The van der Waals surface area contributed by atoms with Gasteiger partial charge >= 0.3 is 0 Å². The molecule has 2 N–H and O–H groups in total. The molecule has 0 spiro atoms. The number of carbonyl (C=O) groups excluding carboxylic acids is 1. The number of pyridine rings is 1. The summed E-state index contributed by atoms with van der Waals surface area (Å²) in [5, 5.41) is 0. The summed E-state index contributed by atoms with van der Waals surface area (Å²) >= 11 is 0. The molecule has 0 aliphatic rings. The Hall–Kier alpha value is -1.42. The smallest absolute Gasteiger partial charge is 0.187 e. The Bertz CT molecular complexity index is 339. The molecule has 4 nitrogen and oxygen atoms in total. The zero-order chi connectivity index (χ0) is 11.3. The number of aromatic nitrogens is 1. The van der Waals surface area contributed by atoms with Crippen LogP contribution < -0.4 is 10.5 Å². The molecule has 82 valence electrons. The highest BCUT2D eigenvalue weighted by Gasteiger charge is 2.19. The minimum absolute atomic E-state index is 0.0158. The van der Waals surface area contributed by atoms with Crippen LogP contribution in [-0.2, 0) is 0 Å². The van der Waals surface area contributed by atoms with E-state index in [1.807, 2.05) is 6.92 Å². The van der Waals surface area contributed by atoms with Crippen LogP contribution >= 0.6 is 0 Å². The quantitative estimate of drug-likeness (QED) is 0.740. The minimum atomic E-state index is -0.112. The first-order valence-corrected chi connectivity index (χ1v) is 4.94. The third-order valence-corrected chi connectivity index (χ3v) is 2.27. The number of carbonyl (C=O) groups is 1. The average Bonchev–Trinajstić information content (AvgIpc) is 2.28. The van der Waals surface area contributed by atoms with Crippen molar-refractivity contribution in [3.8, 4) is 5.75 Å². The van der Waals surface area contributed by atoms with Crippen LogP contribution in [0.15, 0.2) is 18.3 Å². The fraction of sp³-hybridized carbons (Fsp3) is 0.455. The van der Waals surface area contributed by atoms with Crippen LogP contribution in [-0.4, -0.2) is 24.4 Å². The van der Waals surface area contributed by atoms with E-state index in [9.17, 15) is 4.79 Å². The third kappa shape index (κ3) is 2.76. The zero-order valence-electron chi connectivity index (χ0n) is 9.06. The lowest BCUT2D eigenvalue weighted by Gasteiger charge is -2.10. The van der Waals surface area contributed by atoms with Crippen molar-refractivity contribution in [1.29, 1.82) is 0 Å². The second-order valence-corrected chi connectivity index (χ2v) is 3.40. The van der Waals surface area contributed by atoms with E-state index >= 15 is 0 Å². The topological polar surface area (TPSA) is 65.2 Å². The van der Waals surface area contributed by atoms with E-state index in [2.05, 4.69) is 4.98 Å². The summed E-state index contributed by atoms with van der Waals surface area (Å²) in [4.78, 5) is 16.0. The van der Waals surface area contributed by atoms with Crippen molar-refractivity contribution in [2.75, 3.05) is 13.7 Å². The number of ether oxygens (including phenoxy) is 1. The standard InChI is InChI=1S/C11H16N2O2/c1-8(5-6-12)11(14)10-9(15-2)4-3-7-13-10/h3-4,7-8H,5-6,12H2,1-2H3. The molecule has 0 radical (unpaired) electrons. The van der Waals surface area contributed by atoms with Gasteiger partial charge in [0, 0.05) is 12.1 Å². The summed E-state index contributed by atoms with van der Waals surface area (Å²) in [6, 6.07) is 3.47. The lowest BCUT2D eigenvalue weighted by molar-refractivity contribution is 0.0917. The number of methoxy groups -OCH3 is 1. The number of nitrogens with two attached hydrogens (primary N) is 1. The van der Waals surface area contributed by atoms with Crippen LogP contribution in [0.4, 0.5) is 0 Å². The second-order valence-electron chi connectivity index (χ2n) is 3.40. The van der Waals surface area contributed by atoms with Crippen molar-refractivity contribution in [3.05, 3.63) is 24.0 Å². The van der Waals surface area contributed by atoms with Gasteiger partial charge in [0.1, 0.15) is 11.4 Å². The summed E-state index contributed by atoms with van der Waals surface area (Å²) in [6.07, 6.45) is 2.25. The average molecular weight is 208 g/mol. The van der Waals surface area contributed by atoms with Crippen molar-refractivity contribution in [2.45, 2.75) is 13.3 Å². The van der Waals surface area contributed by atoms with Crippen LogP contribution in [0, 0.1) is 5.92 Å². The number of ketones is 1. The normalized spacial score (nSPS) is 12.2. The molecule has 1 rings (SSSR count). The van der Waals surface area contributed by atoms with Gasteiger partial charge in [0.25, 0.3) is 0 Å². The van der Waals surface area contributed by atoms with E-state index in [1.165, 1.54) is 7.11 Å². The molecule has 0 saturated heterocycles. The highest BCUT2D eigenvalue weighted by atomic mass is 16.5. The van der Waals surface area contributed by atoms with Gasteiger partial charge in [-0.1, -0.05) is 6.92 Å². The maximum Gasteiger partial charge on any atom is 0.187 e. The molecule has 0 amide bonds. The predicted octanol–water partition coefficient (Wildman–Crippen LogP) is 1.26. The molecule has 0 aliphatic carbocycles. The number of hydrogen-bond donors (Lipinski definition) is 1. The first kappa shape index (κ1) is 11.7. The predicted molar refractivity (Wildman–Crippen MR) is 58.0 cm³/mol. The van der Waals surface area contributed by atoms with Crippen molar-refractivity contribution < 1.29 is 9.53 Å². The fourth-order valence-corrected chi connectivity index (χ4v) is 1.35. The SMILES string of the molecule is COc1cccnc1C(=O)C(C)CCN. The molecule has 0 fully saturated rings. The van der Waals surface area contributed by atoms with Crippen molar-refractivity contribution in [3.63, 3.8) is 0 Å². The maximum atomic E-state index is 11.9. The Balaban J connectivity index is 2.90. The Morgan fingerprint density at radius 3 is 3.00 bits per heavy atom. The molecule has 0 saturated carbocycles. The van der Waals surface area contributed by atoms with Gasteiger partial charge in [-0.05, 0) is 25.1 Å². The van der Waals surface area contributed by atoms with Crippen molar-refractivity contribution >= 4 is 5.78 Å². The number of hydrogen-bond acceptors (Lipinski definition) is 4. The number of nitrogens with zero attached hydrogens (tertiary/aromatic N) is 1. The molecule has 15 heavy (non-hydrogen) atoms. The largest absolute Gasteiger partial charge is 0.494 e. The van der Waals surface area contributed by atoms with Gasteiger partial charge in [-0.3, -0.25) is 4.79 Å². The van der Waals surface area contributed by atoms with Gasteiger partial charge in [-0.15, -0.1) is 0 Å². The van der Waals surface area contributed by atoms with Crippen LogP contribution in [0.1, 0.15) is 23.8 Å². The summed E-state index contributed by atoms with van der Waals surface area (Å²) in [5.41, 5.74) is 5.80. The lowest BCUT2D eigenvalue weighted by atomic mass is 9.99. The van der Waals surface area contributed by atoms with Crippen LogP contribution in [0.5, 0.6) is 5.75 Å². The van der Waals surface area contributed by atoms with Gasteiger partial charge < -0.3 is 10.5 Å². The lowest BCUT2D eigenvalue weighted by Crippen LogP contribution is -2.17. The van der Waals surface area contributed by atoms with E-state index < -0.39 is 0 Å². The molecule has 1 unspecified atom stereocenters. The van der Waals surface area contributed by atoms with Crippen molar-refractivity contribution in [2.24, 2.45) is 11.7 Å². The summed E-state index contributed by atoms with van der Waals surface area (Å²) < 4.78 is 5.08. The maximum absolute atomic E-state index is 11.9. The Morgan fingerprint density at radius 1 is 1.67 bits per heavy atom. The van der Waals surface area contributed by atoms with Gasteiger partial charge in [-0.25, -0.2) is 4.98 Å². The molecule has 4 heteroatoms. The Labute approximate surface area is 89.5 Å². The van der Waals surface area contributed by atoms with Gasteiger partial charge in [-0.2, -0.15) is 0 Å². The van der Waals surface area contributed by atoms with Gasteiger partial charge in [0.2, 0.25) is 0 Å². The van der Waals surface area contributed by atoms with E-state index in [0.717, 1.165) is 0 Å². The van der Waals surface area contributed by atoms with Crippen LogP contribution in [0.25, 0.3) is 0 Å². The van der Waals surface area contributed by atoms with E-state index in [-0.39, 0.29) is 11.7 Å². The highest BCUT2D eigenvalue weighted by Crippen LogP contribution is 2.19. The Kier molecular flexibility index (Phi) is 4.24. The Morgan fingerprint density at radius 2 is 2.40 bits per heavy atom. The molecule has 1 aromatic heterocycles. The molecule has 0 aromatic carbocycles. The monoisotopic (exact) mass is 208 g/mol. The molecule has 0 bridgehead atoms. The van der Waals surface area contributed by atoms with Gasteiger partial charge in [0.15, 0.2) is 5.78 Å². The van der Waals surface area contributed by atoms with Crippen LogP contribution in [0.3, 0.4) is 0 Å². The summed E-state index contributed by atoms with van der Waals surface area (Å²) in [6.45, 7) is 2.35. The van der Waals surface area contributed by atoms with Gasteiger partial charge in [0.05, 0.1) is 7.11 Å². The molecule has 1 heterocycles. The van der Waals surface area contributed by atoms with E-state index in [0.29, 0.717) is 24.4 Å². The van der Waals surface area contributed by atoms with E-state index in [1.54, 1.807) is 18.3 Å². The molecular weight excluding hydrogens is 192 g/mol. The summed E-state index contributed by atoms with van der Waals surface area (Å²) in [7, 11) is 1.53. The minimum Gasteiger partial charge on any atom is -0.494 e. The van der Waals surface area contributed by atoms with Crippen molar-refractivity contribution in [1.82, 2.24) is 4.98 Å². The molecular formula is C11H16N2O2. The number of Topliss-reactive ketones (excluding diaryl/α,β-unsaturated/α-hetero) is 1. The first-order chi connectivity index (χ1) is 7.20. The summed E-state index contributed by atoms with van der Waals surface area (Å²) in [5.74, 6) is 0.392. The third-order valence-electron chi connectivity index (χ3n) is 2.27. The molecule has 0 aliphatic heterocycles. The van der Waals surface area contributed by atoms with E-state index in [4.69, 9.17) is 10.5 Å². The molecule has 1 aromatic rings. The highest BCUT2D eigenvalue weighted by molar-refractivity contribution is 5.98. The second kappa shape index (κ2) is 5.46. The zero-order valence-corrected chi connectivity index (χ0v) is 9.06. The molecule has 1 atom stereocenters. The van der Waals surface area contributed by atoms with Crippen LogP contribution in [0.2, 0.25) is 0 Å². The fourth-order valence-electron chi connectivity index (χ4n) is 1.35. The number of rotatable bonds is 5.